The molecule has 5 amide bonds. The Balaban J connectivity index is 1.40. The smallest absolute Gasteiger partial charge is 0.329 e. The van der Waals surface area contributed by atoms with Gasteiger partial charge in [0.1, 0.15) is 6.54 Å². The summed E-state index contributed by atoms with van der Waals surface area (Å²) in [6.07, 6.45) is 2.14. The van der Waals surface area contributed by atoms with Crippen LogP contribution in [0.1, 0.15) is 27.3 Å². The summed E-state index contributed by atoms with van der Waals surface area (Å²) in [4.78, 5) is 53.1. The highest BCUT2D eigenvalue weighted by Crippen LogP contribution is 2.19. The fourth-order valence-electron chi connectivity index (χ4n) is 3.50. The summed E-state index contributed by atoms with van der Waals surface area (Å²) in [6.45, 7) is 1.93. The average molecular weight is 396 g/mol. The van der Waals surface area contributed by atoms with Gasteiger partial charge in [0.2, 0.25) is 5.91 Å². The van der Waals surface area contributed by atoms with Gasteiger partial charge >= 0.3 is 6.03 Å². The highest BCUT2D eigenvalue weighted by molar-refractivity contribution is 6.12. The molecule has 4 rings (SSSR count). The summed E-state index contributed by atoms with van der Waals surface area (Å²) in [7, 11) is 0. The van der Waals surface area contributed by atoms with Crippen LogP contribution >= 0.6 is 0 Å². The van der Waals surface area contributed by atoms with Gasteiger partial charge in [-0.15, -0.1) is 0 Å². The molecular weight excluding hydrogens is 376 g/mol. The third kappa shape index (κ3) is 3.84. The topological polar surface area (TPSA) is 103 Å². The Morgan fingerprint density at radius 3 is 2.17 bits per heavy atom. The van der Waals surface area contributed by atoms with Crippen LogP contribution in [0.3, 0.4) is 0 Å². The van der Waals surface area contributed by atoms with E-state index in [0.717, 1.165) is 0 Å². The minimum absolute atomic E-state index is 0.0300. The molecule has 9 nitrogen and oxygen atoms in total. The molecule has 2 fully saturated rings. The van der Waals surface area contributed by atoms with Gasteiger partial charge in [-0.3, -0.25) is 24.6 Å². The first-order valence-corrected chi connectivity index (χ1v) is 9.36. The number of amides is 5. The molecule has 0 spiro atoms. The van der Waals surface area contributed by atoms with Crippen LogP contribution < -0.4 is 10.2 Å². The third-order valence-corrected chi connectivity index (χ3v) is 5.02. The number of hydrogen-bond donors (Lipinski definition) is 1. The molecule has 2 saturated heterocycles. The fraction of sp³-hybridized carbons (Fsp3) is 0.300. The van der Waals surface area contributed by atoms with Crippen LogP contribution in [-0.2, 0) is 4.79 Å². The van der Waals surface area contributed by atoms with E-state index in [2.05, 4.69) is 5.32 Å². The largest absolute Gasteiger partial charge is 0.459 e. The summed E-state index contributed by atoms with van der Waals surface area (Å²) in [5.41, 5.74) is 1.04. The van der Waals surface area contributed by atoms with Crippen molar-refractivity contribution < 1.29 is 23.6 Å². The molecule has 3 heterocycles. The lowest BCUT2D eigenvalue weighted by atomic mass is 10.1. The number of carbonyl (C=O) groups excluding carboxylic acids is 4. The number of urea groups is 1. The lowest BCUT2D eigenvalue weighted by Crippen LogP contribution is -2.37. The summed E-state index contributed by atoms with van der Waals surface area (Å²) in [6, 6.07) is 9.42. The molecular formula is C20H20N4O5. The molecule has 1 aromatic heterocycles. The van der Waals surface area contributed by atoms with Gasteiger partial charge in [-0.25, -0.2) is 4.79 Å². The number of anilines is 1. The first-order valence-electron chi connectivity index (χ1n) is 9.36. The Hall–Kier alpha value is -3.62. The predicted octanol–water partition coefficient (Wildman–Crippen LogP) is 1.32. The number of furan rings is 1. The molecule has 150 valence electrons. The zero-order valence-corrected chi connectivity index (χ0v) is 15.7. The molecule has 0 atom stereocenters. The molecule has 0 saturated carbocycles. The maximum atomic E-state index is 12.9. The van der Waals surface area contributed by atoms with Crippen molar-refractivity contribution in [3.05, 3.63) is 54.0 Å². The number of carbonyl (C=O) groups is 4. The molecule has 0 unspecified atom stereocenters. The van der Waals surface area contributed by atoms with Gasteiger partial charge in [-0.1, -0.05) is 0 Å². The number of imide groups is 1. The van der Waals surface area contributed by atoms with E-state index < -0.39 is 6.03 Å². The van der Waals surface area contributed by atoms with Crippen molar-refractivity contribution in [2.75, 3.05) is 37.6 Å². The minimum atomic E-state index is -0.470. The number of rotatable bonds is 3. The second kappa shape index (κ2) is 7.78. The van der Waals surface area contributed by atoms with Crippen LogP contribution in [0.5, 0.6) is 0 Å². The van der Waals surface area contributed by atoms with Crippen molar-refractivity contribution in [1.29, 1.82) is 0 Å². The fourth-order valence-corrected chi connectivity index (χ4v) is 3.50. The van der Waals surface area contributed by atoms with Crippen LogP contribution in [-0.4, -0.2) is 66.3 Å². The molecule has 0 radical (unpaired) electrons. The van der Waals surface area contributed by atoms with Crippen LogP contribution in [0.15, 0.2) is 47.1 Å². The van der Waals surface area contributed by atoms with Crippen molar-refractivity contribution >= 4 is 29.4 Å². The highest BCUT2D eigenvalue weighted by Gasteiger charge is 2.28. The molecule has 29 heavy (non-hydrogen) atoms. The second-order valence-corrected chi connectivity index (χ2v) is 6.90. The highest BCUT2D eigenvalue weighted by atomic mass is 16.3. The van der Waals surface area contributed by atoms with Crippen molar-refractivity contribution in [2.24, 2.45) is 0 Å². The third-order valence-electron chi connectivity index (χ3n) is 5.02. The monoisotopic (exact) mass is 396 g/mol. The minimum Gasteiger partial charge on any atom is -0.459 e. The van der Waals surface area contributed by atoms with Gasteiger partial charge in [0.25, 0.3) is 11.8 Å². The average Bonchev–Trinajstić information content (AvgIpc) is 3.30. The van der Waals surface area contributed by atoms with Crippen LogP contribution in [0.25, 0.3) is 0 Å². The van der Waals surface area contributed by atoms with E-state index in [4.69, 9.17) is 4.42 Å². The van der Waals surface area contributed by atoms with Gasteiger partial charge in [-0.2, -0.15) is 0 Å². The van der Waals surface area contributed by atoms with Gasteiger partial charge < -0.3 is 14.2 Å². The van der Waals surface area contributed by atoms with Crippen molar-refractivity contribution in [3.8, 4) is 0 Å². The van der Waals surface area contributed by atoms with Crippen LogP contribution in [0, 0.1) is 0 Å². The summed E-state index contributed by atoms with van der Waals surface area (Å²) in [5, 5.41) is 2.22. The maximum absolute atomic E-state index is 12.9. The Labute approximate surface area is 166 Å². The Morgan fingerprint density at radius 1 is 0.897 bits per heavy atom. The lowest BCUT2D eigenvalue weighted by Gasteiger charge is -2.22. The van der Waals surface area contributed by atoms with Crippen LogP contribution in [0.2, 0.25) is 0 Å². The van der Waals surface area contributed by atoms with Crippen molar-refractivity contribution in [2.45, 2.75) is 6.42 Å². The van der Waals surface area contributed by atoms with E-state index in [9.17, 15) is 19.2 Å². The SMILES string of the molecule is O=C1CN(c2ccc(C(=O)N3CCCN(C(=O)c4ccco4)CC3)cc2)C(=O)N1. The van der Waals surface area contributed by atoms with Crippen LogP contribution in [0.4, 0.5) is 10.5 Å². The Kier molecular flexibility index (Phi) is 5.03. The van der Waals surface area contributed by atoms with E-state index in [-0.39, 0.29) is 24.3 Å². The quantitative estimate of drug-likeness (QED) is 0.789. The molecule has 2 aromatic rings. The second-order valence-electron chi connectivity index (χ2n) is 6.90. The van der Waals surface area contributed by atoms with Crippen molar-refractivity contribution in [3.63, 3.8) is 0 Å². The molecule has 2 aliphatic rings. The zero-order valence-electron chi connectivity index (χ0n) is 15.7. The molecule has 2 aliphatic heterocycles. The maximum Gasteiger partial charge on any atom is 0.329 e. The molecule has 0 aliphatic carbocycles. The first kappa shape index (κ1) is 18.7. The zero-order chi connectivity index (χ0) is 20.4. The standard InChI is InChI=1S/C20H20N4O5/c25-17-13-24(20(28)21-17)15-6-4-14(5-7-15)18(26)22-8-2-9-23(11-10-22)19(27)16-3-1-12-29-16/h1,3-7,12H,2,8-11,13H2,(H,21,25,28). The molecule has 0 bridgehead atoms. The van der Waals surface area contributed by atoms with Gasteiger partial charge in [-0.05, 0) is 42.8 Å². The van der Waals surface area contributed by atoms with E-state index in [1.165, 1.54) is 11.2 Å². The Bertz CT molecular complexity index is 938. The lowest BCUT2D eigenvalue weighted by molar-refractivity contribution is -0.117. The summed E-state index contributed by atoms with van der Waals surface area (Å²) >= 11 is 0. The number of hydrogen-bond acceptors (Lipinski definition) is 5. The predicted molar refractivity (Wildman–Crippen MR) is 102 cm³/mol. The van der Waals surface area contributed by atoms with Gasteiger partial charge in [0.15, 0.2) is 5.76 Å². The summed E-state index contributed by atoms with van der Waals surface area (Å²) < 4.78 is 5.18. The first-order chi connectivity index (χ1) is 14.0. The molecule has 9 heteroatoms. The number of nitrogens with one attached hydrogen (secondary N) is 1. The van der Waals surface area contributed by atoms with Gasteiger partial charge in [0, 0.05) is 37.4 Å². The van der Waals surface area contributed by atoms with Crippen molar-refractivity contribution in [1.82, 2.24) is 15.1 Å². The molecule has 1 aromatic carbocycles. The van der Waals surface area contributed by atoms with E-state index in [1.54, 1.807) is 46.2 Å². The van der Waals surface area contributed by atoms with E-state index >= 15 is 0 Å². The van der Waals surface area contributed by atoms with E-state index in [0.29, 0.717) is 49.6 Å². The summed E-state index contributed by atoms with van der Waals surface area (Å²) in [5.74, 6) is -0.365. The Morgan fingerprint density at radius 2 is 1.59 bits per heavy atom. The van der Waals surface area contributed by atoms with E-state index in [1.807, 2.05) is 0 Å². The normalized spacial score (nSPS) is 17.3. The number of nitrogens with zero attached hydrogens (tertiary/aromatic N) is 3. The molecule has 1 N–H and O–H groups in total. The van der Waals surface area contributed by atoms with Gasteiger partial charge in [0.05, 0.1) is 6.26 Å². The number of benzene rings is 1.